The van der Waals surface area contributed by atoms with E-state index in [9.17, 15) is 4.79 Å². The maximum absolute atomic E-state index is 13.4. The van der Waals surface area contributed by atoms with E-state index in [0.717, 1.165) is 5.69 Å². The molecule has 2 aromatic carbocycles. The monoisotopic (exact) mass is 470 g/mol. The molecule has 5 aromatic rings. The molecule has 1 saturated carbocycles. The number of aromatic nitrogens is 5. The number of rotatable bonds is 4. The van der Waals surface area contributed by atoms with E-state index in [1.807, 2.05) is 12.1 Å². The van der Waals surface area contributed by atoms with Gasteiger partial charge in [0.15, 0.2) is 5.65 Å². The molecular formula is C26H23ClN6O. The zero-order valence-electron chi connectivity index (χ0n) is 18.5. The van der Waals surface area contributed by atoms with Crippen molar-refractivity contribution in [2.75, 3.05) is 5.32 Å². The molecule has 3 aromatic heterocycles. The second-order valence-electron chi connectivity index (χ2n) is 8.70. The Labute approximate surface area is 201 Å². The van der Waals surface area contributed by atoms with Crippen LogP contribution in [0.25, 0.3) is 22.5 Å². The van der Waals surface area contributed by atoms with Crippen molar-refractivity contribution in [2.45, 2.75) is 38.0 Å². The summed E-state index contributed by atoms with van der Waals surface area (Å²) in [5.41, 5.74) is 3.07. The first-order valence-corrected chi connectivity index (χ1v) is 11.9. The van der Waals surface area contributed by atoms with Crippen LogP contribution in [0.2, 0.25) is 5.02 Å². The first-order valence-electron chi connectivity index (χ1n) is 11.6. The lowest BCUT2D eigenvalue weighted by atomic mass is 9.84. The molecule has 8 heteroatoms. The predicted octanol–water partition coefficient (Wildman–Crippen LogP) is 5.87. The lowest BCUT2D eigenvalue weighted by Crippen LogP contribution is -2.22. The summed E-state index contributed by atoms with van der Waals surface area (Å²) in [5.74, 6) is 1.52. The van der Waals surface area contributed by atoms with Gasteiger partial charge in [-0.1, -0.05) is 55.1 Å². The van der Waals surface area contributed by atoms with Gasteiger partial charge in [-0.25, -0.2) is 14.5 Å². The Balaban J connectivity index is 1.38. The van der Waals surface area contributed by atoms with Gasteiger partial charge in [0, 0.05) is 24.3 Å². The van der Waals surface area contributed by atoms with E-state index >= 15 is 0 Å². The molecule has 6 rings (SSSR count). The number of hydrogen-bond donors (Lipinski definition) is 1. The fourth-order valence-corrected chi connectivity index (χ4v) is 5.08. The predicted molar refractivity (Wildman–Crippen MR) is 134 cm³/mol. The summed E-state index contributed by atoms with van der Waals surface area (Å²) in [5, 5.41) is 4.11. The van der Waals surface area contributed by atoms with Gasteiger partial charge in [0.2, 0.25) is 11.7 Å². The average Bonchev–Trinajstić information content (AvgIpc) is 3.36. The Morgan fingerprint density at radius 2 is 1.76 bits per heavy atom. The zero-order valence-corrected chi connectivity index (χ0v) is 19.2. The third-order valence-electron chi connectivity index (χ3n) is 6.59. The molecule has 0 spiro atoms. The standard InChI is InChI=1S/C26H23ClN6O/c27-21-8-4-5-9-22(21)33-24(34)20-16-29-25(31-23(20)32-15-14-28-26(32)33)30-19-12-10-18(11-13-19)17-6-2-1-3-7-17/h4-5,8-17H,1-3,6-7H2,(H,29,30,31). The normalized spacial score (nSPS) is 14.6. The van der Waals surface area contributed by atoms with Crippen LogP contribution in [-0.4, -0.2) is 23.9 Å². The van der Waals surface area contributed by atoms with E-state index in [0.29, 0.717) is 39.4 Å². The van der Waals surface area contributed by atoms with Crippen molar-refractivity contribution in [2.24, 2.45) is 0 Å². The number of fused-ring (bicyclic) bond motifs is 3. The van der Waals surface area contributed by atoms with Crippen LogP contribution in [0, 0.1) is 0 Å². The van der Waals surface area contributed by atoms with Crippen molar-refractivity contribution in [1.29, 1.82) is 0 Å². The molecule has 170 valence electrons. The number of nitrogens with zero attached hydrogens (tertiary/aromatic N) is 5. The van der Waals surface area contributed by atoms with Gasteiger partial charge in [-0.05, 0) is 48.6 Å². The number of nitrogens with one attached hydrogen (secondary N) is 1. The Bertz CT molecular complexity index is 1550. The van der Waals surface area contributed by atoms with E-state index in [1.54, 1.807) is 35.1 Å². The highest BCUT2D eigenvalue weighted by atomic mass is 35.5. The molecular weight excluding hydrogens is 448 g/mol. The molecule has 0 bridgehead atoms. The minimum absolute atomic E-state index is 0.273. The Kier molecular flexibility index (Phi) is 5.26. The molecule has 0 radical (unpaired) electrons. The molecule has 0 aliphatic heterocycles. The van der Waals surface area contributed by atoms with Gasteiger partial charge in [-0.2, -0.15) is 4.98 Å². The van der Waals surface area contributed by atoms with E-state index in [2.05, 4.69) is 44.5 Å². The summed E-state index contributed by atoms with van der Waals surface area (Å²) in [6.07, 6.45) is 11.5. The highest BCUT2D eigenvalue weighted by Gasteiger charge is 2.18. The maximum atomic E-state index is 13.4. The van der Waals surface area contributed by atoms with Gasteiger partial charge in [0.1, 0.15) is 5.39 Å². The molecule has 34 heavy (non-hydrogen) atoms. The highest BCUT2D eigenvalue weighted by molar-refractivity contribution is 6.32. The number of halogens is 1. The number of anilines is 2. The van der Waals surface area contributed by atoms with Crippen molar-refractivity contribution < 1.29 is 0 Å². The second kappa shape index (κ2) is 8.57. The maximum Gasteiger partial charge on any atom is 0.270 e. The van der Waals surface area contributed by atoms with Crippen LogP contribution < -0.4 is 10.9 Å². The van der Waals surface area contributed by atoms with Crippen LogP contribution in [0.3, 0.4) is 0 Å². The smallest absolute Gasteiger partial charge is 0.270 e. The molecule has 1 aliphatic rings. The molecule has 1 aliphatic carbocycles. The van der Waals surface area contributed by atoms with Crippen molar-refractivity contribution in [3.63, 3.8) is 0 Å². The quantitative estimate of drug-likeness (QED) is 0.355. The lowest BCUT2D eigenvalue weighted by molar-refractivity contribution is 0.443. The van der Waals surface area contributed by atoms with Crippen LogP contribution in [0.15, 0.2) is 71.9 Å². The van der Waals surface area contributed by atoms with Gasteiger partial charge >= 0.3 is 0 Å². The molecule has 1 fully saturated rings. The molecule has 0 atom stereocenters. The topological polar surface area (TPSA) is 77.1 Å². The lowest BCUT2D eigenvalue weighted by Gasteiger charge is -2.22. The first-order chi connectivity index (χ1) is 16.7. The summed E-state index contributed by atoms with van der Waals surface area (Å²) in [4.78, 5) is 26.9. The van der Waals surface area contributed by atoms with E-state index in [1.165, 1.54) is 42.2 Å². The Hall–Kier alpha value is -3.71. The average molecular weight is 471 g/mol. The molecule has 0 amide bonds. The number of para-hydroxylation sites is 1. The minimum Gasteiger partial charge on any atom is -0.324 e. The van der Waals surface area contributed by atoms with Gasteiger partial charge in [0.25, 0.3) is 5.56 Å². The van der Waals surface area contributed by atoms with Crippen LogP contribution in [-0.2, 0) is 0 Å². The molecule has 3 heterocycles. The van der Waals surface area contributed by atoms with Crippen LogP contribution in [0.5, 0.6) is 0 Å². The van der Waals surface area contributed by atoms with Crippen molar-refractivity contribution >= 4 is 40.0 Å². The fourth-order valence-electron chi connectivity index (χ4n) is 4.86. The third kappa shape index (κ3) is 3.62. The van der Waals surface area contributed by atoms with Crippen LogP contribution in [0.4, 0.5) is 11.6 Å². The summed E-state index contributed by atoms with van der Waals surface area (Å²) < 4.78 is 3.27. The van der Waals surface area contributed by atoms with Crippen molar-refractivity contribution in [1.82, 2.24) is 23.9 Å². The SMILES string of the molecule is O=c1c2cnc(Nc3ccc(C4CCCCC4)cc3)nc2n2ccnc2n1-c1ccccc1Cl. The van der Waals surface area contributed by atoms with Gasteiger partial charge in [-0.3, -0.25) is 9.20 Å². The fraction of sp³-hybridized carbons (Fsp3) is 0.231. The Morgan fingerprint density at radius 3 is 2.56 bits per heavy atom. The third-order valence-corrected chi connectivity index (χ3v) is 6.91. The van der Waals surface area contributed by atoms with Crippen LogP contribution >= 0.6 is 11.6 Å². The van der Waals surface area contributed by atoms with E-state index in [4.69, 9.17) is 11.6 Å². The summed E-state index contributed by atoms with van der Waals surface area (Å²) in [6.45, 7) is 0. The first kappa shape index (κ1) is 20.9. The van der Waals surface area contributed by atoms with Gasteiger partial charge in [-0.15, -0.1) is 0 Å². The number of benzene rings is 2. The van der Waals surface area contributed by atoms with Crippen molar-refractivity contribution in [3.05, 3.63) is 88.1 Å². The molecule has 7 nitrogen and oxygen atoms in total. The van der Waals surface area contributed by atoms with Crippen molar-refractivity contribution in [3.8, 4) is 5.69 Å². The second-order valence-corrected chi connectivity index (χ2v) is 9.11. The van der Waals surface area contributed by atoms with E-state index in [-0.39, 0.29) is 5.56 Å². The van der Waals surface area contributed by atoms with E-state index < -0.39 is 0 Å². The molecule has 0 unspecified atom stereocenters. The molecule has 1 N–H and O–H groups in total. The minimum atomic E-state index is -0.273. The zero-order chi connectivity index (χ0) is 23.1. The number of imidazole rings is 1. The Morgan fingerprint density at radius 1 is 0.971 bits per heavy atom. The summed E-state index contributed by atoms with van der Waals surface area (Å²) in [7, 11) is 0. The largest absolute Gasteiger partial charge is 0.324 e. The summed E-state index contributed by atoms with van der Waals surface area (Å²) in [6, 6.07) is 15.7. The van der Waals surface area contributed by atoms with Crippen LogP contribution in [0.1, 0.15) is 43.6 Å². The number of hydrogen-bond acceptors (Lipinski definition) is 5. The van der Waals surface area contributed by atoms with Gasteiger partial charge < -0.3 is 5.32 Å². The van der Waals surface area contributed by atoms with Gasteiger partial charge in [0.05, 0.1) is 10.7 Å². The summed E-state index contributed by atoms with van der Waals surface area (Å²) >= 11 is 6.39. The highest BCUT2D eigenvalue weighted by Crippen LogP contribution is 2.33. The molecule has 0 saturated heterocycles.